The fourth-order valence-electron chi connectivity index (χ4n) is 1.54. The molecule has 1 aromatic heterocycles. The van der Waals surface area contributed by atoms with Gasteiger partial charge >= 0.3 is 0 Å². The molecule has 84 valence electrons. The molecular weight excluding hydrogens is 304 g/mol. The molecule has 0 radical (unpaired) electrons. The van der Waals surface area contributed by atoms with Crippen molar-refractivity contribution in [1.82, 2.24) is 0 Å². The largest absolute Gasteiger partial charge is 0.152 e. The van der Waals surface area contributed by atoms with E-state index in [9.17, 15) is 0 Å². The lowest BCUT2D eigenvalue weighted by atomic mass is 10.1. The molecule has 0 spiro atoms. The minimum absolute atomic E-state index is 0.334. The van der Waals surface area contributed by atoms with Gasteiger partial charge in [0.25, 0.3) is 0 Å². The van der Waals surface area contributed by atoms with Gasteiger partial charge in [-0.05, 0) is 52.9 Å². The van der Waals surface area contributed by atoms with E-state index in [1.54, 1.807) is 11.3 Å². The van der Waals surface area contributed by atoms with Crippen LogP contribution in [0, 0.1) is 6.92 Å². The molecule has 0 aliphatic heterocycles. The zero-order valence-electron chi connectivity index (χ0n) is 8.91. The smallest absolute Gasteiger partial charge is 0.0438 e. The van der Waals surface area contributed by atoms with Gasteiger partial charge in [0.15, 0.2) is 0 Å². The van der Waals surface area contributed by atoms with Gasteiger partial charge in [-0.2, -0.15) is 11.3 Å². The van der Waals surface area contributed by atoms with Crippen molar-refractivity contribution in [3.63, 3.8) is 0 Å². The molecule has 0 aliphatic rings. The second-order valence-corrected chi connectivity index (χ2v) is 6.10. The Morgan fingerprint density at radius 1 is 1.38 bits per heavy atom. The Morgan fingerprint density at radius 2 is 2.19 bits per heavy atom. The summed E-state index contributed by atoms with van der Waals surface area (Å²) in [6, 6.07) is 8.41. The van der Waals surface area contributed by atoms with E-state index in [-0.39, 0.29) is 0 Å². The third-order valence-electron chi connectivity index (χ3n) is 2.55. The standard InChI is InChI=1S/C13H12BrClS/c1-9-2-3-11(7-13(9)15)12(14)6-10-4-5-16-8-10/h2-5,7-8,12H,6H2,1H3. The van der Waals surface area contributed by atoms with Gasteiger partial charge in [-0.1, -0.05) is 39.7 Å². The normalized spacial score (nSPS) is 12.7. The second-order valence-electron chi connectivity index (χ2n) is 3.81. The first-order valence-corrected chi connectivity index (χ1v) is 7.31. The van der Waals surface area contributed by atoms with Crippen LogP contribution in [-0.4, -0.2) is 0 Å². The monoisotopic (exact) mass is 314 g/mol. The van der Waals surface area contributed by atoms with Crippen LogP contribution in [0.3, 0.4) is 0 Å². The Morgan fingerprint density at radius 3 is 2.81 bits per heavy atom. The minimum atomic E-state index is 0.334. The van der Waals surface area contributed by atoms with Gasteiger partial charge in [-0.3, -0.25) is 0 Å². The second kappa shape index (κ2) is 5.35. The third-order valence-corrected chi connectivity index (χ3v) is 4.54. The van der Waals surface area contributed by atoms with Gasteiger partial charge in [0, 0.05) is 9.85 Å². The molecule has 2 aromatic rings. The predicted molar refractivity (Wildman–Crippen MR) is 75.9 cm³/mol. The van der Waals surface area contributed by atoms with Crippen molar-refractivity contribution in [1.29, 1.82) is 0 Å². The molecule has 0 aliphatic carbocycles. The van der Waals surface area contributed by atoms with Crippen molar-refractivity contribution in [2.75, 3.05) is 0 Å². The van der Waals surface area contributed by atoms with Gasteiger partial charge < -0.3 is 0 Å². The van der Waals surface area contributed by atoms with Crippen LogP contribution in [0.15, 0.2) is 35.0 Å². The lowest BCUT2D eigenvalue weighted by Crippen LogP contribution is -1.94. The minimum Gasteiger partial charge on any atom is -0.152 e. The number of hydrogen-bond acceptors (Lipinski definition) is 1. The zero-order valence-corrected chi connectivity index (χ0v) is 12.1. The number of alkyl halides is 1. The van der Waals surface area contributed by atoms with Gasteiger partial charge in [0.2, 0.25) is 0 Å². The van der Waals surface area contributed by atoms with Crippen LogP contribution in [0.5, 0.6) is 0 Å². The number of halogens is 2. The van der Waals surface area contributed by atoms with Crippen molar-refractivity contribution in [2.24, 2.45) is 0 Å². The van der Waals surface area contributed by atoms with E-state index in [0.717, 1.165) is 17.0 Å². The number of aryl methyl sites for hydroxylation is 1. The van der Waals surface area contributed by atoms with Gasteiger partial charge in [0.05, 0.1) is 0 Å². The molecule has 1 atom stereocenters. The van der Waals surface area contributed by atoms with Crippen LogP contribution in [-0.2, 0) is 6.42 Å². The van der Waals surface area contributed by atoms with E-state index in [4.69, 9.17) is 11.6 Å². The molecule has 1 heterocycles. The highest BCUT2D eigenvalue weighted by atomic mass is 79.9. The summed E-state index contributed by atoms with van der Waals surface area (Å²) in [7, 11) is 0. The summed E-state index contributed by atoms with van der Waals surface area (Å²) in [6.07, 6.45) is 1.00. The molecule has 1 unspecified atom stereocenters. The quantitative estimate of drug-likeness (QED) is 0.666. The van der Waals surface area contributed by atoms with Crippen molar-refractivity contribution >= 4 is 38.9 Å². The van der Waals surface area contributed by atoms with E-state index in [2.05, 4.69) is 44.9 Å². The maximum atomic E-state index is 6.12. The van der Waals surface area contributed by atoms with Crippen molar-refractivity contribution < 1.29 is 0 Å². The van der Waals surface area contributed by atoms with E-state index in [0.29, 0.717) is 4.83 Å². The summed E-state index contributed by atoms with van der Waals surface area (Å²) in [5.41, 5.74) is 3.73. The summed E-state index contributed by atoms with van der Waals surface area (Å²) in [4.78, 5) is 0.334. The summed E-state index contributed by atoms with van der Waals surface area (Å²) in [5, 5.41) is 5.13. The molecule has 0 N–H and O–H groups in total. The van der Waals surface area contributed by atoms with Crippen LogP contribution in [0.4, 0.5) is 0 Å². The molecule has 3 heteroatoms. The van der Waals surface area contributed by atoms with Gasteiger partial charge in [-0.25, -0.2) is 0 Å². The number of benzene rings is 1. The molecule has 0 saturated carbocycles. The summed E-state index contributed by atoms with van der Waals surface area (Å²) < 4.78 is 0. The molecule has 16 heavy (non-hydrogen) atoms. The highest BCUT2D eigenvalue weighted by Crippen LogP contribution is 2.30. The highest BCUT2D eigenvalue weighted by molar-refractivity contribution is 9.09. The summed E-state index contributed by atoms with van der Waals surface area (Å²) >= 11 is 11.6. The topological polar surface area (TPSA) is 0 Å². The molecule has 0 amide bonds. The van der Waals surface area contributed by atoms with Crippen LogP contribution < -0.4 is 0 Å². The maximum absolute atomic E-state index is 6.12. The van der Waals surface area contributed by atoms with Gasteiger partial charge in [0.1, 0.15) is 0 Å². The first-order valence-electron chi connectivity index (χ1n) is 5.08. The molecular formula is C13H12BrClS. The van der Waals surface area contributed by atoms with Crippen LogP contribution in [0.2, 0.25) is 5.02 Å². The van der Waals surface area contributed by atoms with Crippen molar-refractivity contribution in [3.05, 3.63) is 56.7 Å². The molecule has 2 rings (SSSR count). The van der Waals surface area contributed by atoms with Crippen LogP contribution >= 0.6 is 38.9 Å². The van der Waals surface area contributed by atoms with Crippen molar-refractivity contribution in [3.8, 4) is 0 Å². The first-order chi connectivity index (χ1) is 7.66. The molecule has 0 fully saturated rings. The van der Waals surface area contributed by atoms with E-state index < -0.39 is 0 Å². The maximum Gasteiger partial charge on any atom is 0.0438 e. The lowest BCUT2D eigenvalue weighted by molar-refractivity contribution is 0.953. The molecule has 1 aromatic carbocycles. The number of rotatable bonds is 3. The van der Waals surface area contributed by atoms with E-state index in [1.165, 1.54) is 11.1 Å². The lowest BCUT2D eigenvalue weighted by Gasteiger charge is -2.10. The van der Waals surface area contributed by atoms with Gasteiger partial charge in [-0.15, -0.1) is 0 Å². The Bertz CT molecular complexity index is 465. The summed E-state index contributed by atoms with van der Waals surface area (Å²) in [5.74, 6) is 0. The SMILES string of the molecule is Cc1ccc(C(Br)Cc2ccsc2)cc1Cl. The highest BCUT2D eigenvalue weighted by Gasteiger charge is 2.09. The van der Waals surface area contributed by atoms with E-state index >= 15 is 0 Å². The number of thiophene rings is 1. The van der Waals surface area contributed by atoms with Crippen LogP contribution in [0.25, 0.3) is 0 Å². The zero-order chi connectivity index (χ0) is 11.5. The Labute approximate surface area is 113 Å². The fourth-order valence-corrected chi connectivity index (χ4v) is 3.07. The fraction of sp³-hybridized carbons (Fsp3) is 0.231. The Kier molecular flexibility index (Phi) is 4.06. The Hall–Kier alpha value is -0.310. The van der Waals surface area contributed by atoms with Crippen LogP contribution in [0.1, 0.15) is 21.5 Å². The average Bonchev–Trinajstić information content (AvgIpc) is 2.74. The molecule has 0 saturated heterocycles. The van der Waals surface area contributed by atoms with Crippen molar-refractivity contribution in [2.45, 2.75) is 18.2 Å². The molecule has 0 bridgehead atoms. The first kappa shape index (κ1) is 12.2. The Balaban J connectivity index is 2.14. The third kappa shape index (κ3) is 2.88. The average molecular weight is 316 g/mol. The molecule has 0 nitrogen and oxygen atoms in total. The predicted octanol–water partition coefficient (Wildman–Crippen LogP) is 5.39. The van der Waals surface area contributed by atoms with E-state index in [1.807, 2.05) is 13.0 Å². The number of hydrogen-bond donors (Lipinski definition) is 0. The summed E-state index contributed by atoms with van der Waals surface area (Å²) in [6.45, 7) is 2.02.